The van der Waals surface area contributed by atoms with Crippen LogP contribution in [-0.2, 0) is 6.42 Å². The molecule has 1 aromatic heterocycles. The average molecular weight is 250 g/mol. The van der Waals surface area contributed by atoms with Gasteiger partial charge in [0, 0.05) is 11.4 Å². The minimum atomic E-state index is -0.256. The van der Waals surface area contributed by atoms with Gasteiger partial charge in [-0.25, -0.2) is 0 Å². The van der Waals surface area contributed by atoms with Crippen LogP contribution in [0.3, 0.4) is 0 Å². The molecule has 0 aliphatic heterocycles. The van der Waals surface area contributed by atoms with Gasteiger partial charge >= 0.3 is 0 Å². The molecule has 0 saturated carbocycles. The highest BCUT2D eigenvalue weighted by atomic mass is 35.5. The largest absolute Gasteiger partial charge is 0.464 e. The lowest BCUT2D eigenvalue weighted by molar-refractivity contribution is 0.454. The van der Waals surface area contributed by atoms with Crippen molar-refractivity contribution >= 4 is 11.6 Å². The molecule has 0 aliphatic carbocycles. The van der Waals surface area contributed by atoms with Gasteiger partial charge in [0.25, 0.3) is 0 Å². The summed E-state index contributed by atoms with van der Waals surface area (Å²) in [4.78, 5) is 0. The fourth-order valence-corrected chi connectivity index (χ4v) is 1.91. The standard InChI is InChI=1S/C14H16ClNO/c1-3-11-6-7-13(17-11)14(16)10-5-4-9(2)12(15)8-10/h4-8,14H,3,16H2,1-2H3. The normalized spacial score (nSPS) is 12.7. The lowest BCUT2D eigenvalue weighted by Gasteiger charge is -2.10. The number of nitrogens with two attached hydrogens (primary N) is 1. The molecule has 2 aromatic rings. The van der Waals surface area contributed by atoms with Crippen LogP contribution in [-0.4, -0.2) is 0 Å². The van der Waals surface area contributed by atoms with E-state index in [2.05, 4.69) is 6.92 Å². The Kier molecular flexibility index (Phi) is 3.55. The minimum absolute atomic E-state index is 0.256. The summed E-state index contributed by atoms with van der Waals surface area (Å²) < 4.78 is 5.65. The van der Waals surface area contributed by atoms with Crippen molar-refractivity contribution in [1.29, 1.82) is 0 Å². The van der Waals surface area contributed by atoms with Crippen LogP contribution >= 0.6 is 11.6 Å². The second-order valence-corrected chi connectivity index (χ2v) is 4.55. The second kappa shape index (κ2) is 4.94. The zero-order valence-corrected chi connectivity index (χ0v) is 10.8. The predicted molar refractivity (Wildman–Crippen MR) is 70.3 cm³/mol. The number of aryl methyl sites for hydroxylation is 2. The molecule has 0 saturated heterocycles. The van der Waals surface area contributed by atoms with Gasteiger partial charge < -0.3 is 10.2 Å². The fraction of sp³-hybridized carbons (Fsp3) is 0.286. The van der Waals surface area contributed by atoms with E-state index in [0.29, 0.717) is 0 Å². The summed E-state index contributed by atoms with van der Waals surface area (Å²) in [5.41, 5.74) is 8.17. The van der Waals surface area contributed by atoms with E-state index < -0.39 is 0 Å². The molecule has 0 bridgehead atoms. The molecule has 3 heteroatoms. The van der Waals surface area contributed by atoms with Gasteiger partial charge in [-0.15, -0.1) is 0 Å². The quantitative estimate of drug-likeness (QED) is 0.897. The van der Waals surface area contributed by atoms with E-state index in [1.54, 1.807) is 0 Å². The number of hydrogen-bond donors (Lipinski definition) is 1. The summed E-state index contributed by atoms with van der Waals surface area (Å²) in [6.07, 6.45) is 0.876. The molecule has 0 radical (unpaired) electrons. The maximum Gasteiger partial charge on any atom is 0.125 e. The van der Waals surface area contributed by atoms with Crippen molar-refractivity contribution in [3.63, 3.8) is 0 Å². The third-order valence-electron chi connectivity index (χ3n) is 2.89. The zero-order chi connectivity index (χ0) is 12.4. The van der Waals surface area contributed by atoms with E-state index in [0.717, 1.165) is 34.1 Å². The Hall–Kier alpha value is -1.25. The fourth-order valence-electron chi connectivity index (χ4n) is 1.72. The summed E-state index contributed by atoms with van der Waals surface area (Å²) in [6.45, 7) is 4.02. The van der Waals surface area contributed by atoms with E-state index in [-0.39, 0.29) is 6.04 Å². The molecule has 0 spiro atoms. The first-order valence-electron chi connectivity index (χ1n) is 5.72. The molecule has 2 rings (SSSR count). The van der Waals surface area contributed by atoms with Gasteiger partial charge in [-0.05, 0) is 36.2 Å². The highest BCUT2D eigenvalue weighted by molar-refractivity contribution is 6.31. The van der Waals surface area contributed by atoms with Gasteiger partial charge in [-0.3, -0.25) is 0 Å². The van der Waals surface area contributed by atoms with E-state index in [1.807, 2.05) is 37.3 Å². The summed E-state index contributed by atoms with van der Waals surface area (Å²) in [7, 11) is 0. The molecule has 0 aliphatic rings. The van der Waals surface area contributed by atoms with Gasteiger partial charge in [0.05, 0.1) is 6.04 Å². The van der Waals surface area contributed by atoms with Crippen molar-refractivity contribution in [3.8, 4) is 0 Å². The Bertz CT molecular complexity index is 519. The van der Waals surface area contributed by atoms with E-state index in [1.165, 1.54) is 0 Å². The minimum Gasteiger partial charge on any atom is -0.464 e. The third-order valence-corrected chi connectivity index (χ3v) is 3.30. The summed E-state index contributed by atoms with van der Waals surface area (Å²) in [5.74, 6) is 1.73. The molecule has 17 heavy (non-hydrogen) atoms. The van der Waals surface area contributed by atoms with Crippen LogP contribution in [0.2, 0.25) is 5.02 Å². The van der Waals surface area contributed by atoms with Gasteiger partial charge in [0.1, 0.15) is 11.5 Å². The molecule has 1 aromatic carbocycles. The Morgan fingerprint density at radius 2 is 2.06 bits per heavy atom. The highest BCUT2D eigenvalue weighted by Gasteiger charge is 2.13. The summed E-state index contributed by atoms with van der Waals surface area (Å²) in [5, 5.41) is 0.736. The monoisotopic (exact) mass is 249 g/mol. The Morgan fingerprint density at radius 1 is 1.29 bits per heavy atom. The number of benzene rings is 1. The average Bonchev–Trinajstić information content (AvgIpc) is 2.80. The van der Waals surface area contributed by atoms with Crippen LogP contribution in [0, 0.1) is 6.92 Å². The van der Waals surface area contributed by atoms with Crippen molar-refractivity contribution in [1.82, 2.24) is 0 Å². The molecule has 0 amide bonds. The number of rotatable bonds is 3. The maximum atomic E-state index is 6.15. The topological polar surface area (TPSA) is 39.2 Å². The second-order valence-electron chi connectivity index (χ2n) is 4.14. The van der Waals surface area contributed by atoms with Crippen molar-refractivity contribution in [2.24, 2.45) is 5.73 Å². The lowest BCUT2D eigenvalue weighted by Crippen LogP contribution is -2.10. The van der Waals surface area contributed by atoms with Crippen LogP contribution in [0.4, 0.5) is 0 Å². The summed E-state index contributed by atoms with van der Waals surface area (Å²) in [6, 6.07) is 9.49. The number of furan rings is 1. The molecular formula is C14H16ClNO. The Labute approximate surface area is 106 Å². The van der Waals surface area contributed by atoms with Crippen molar-refractivity contribution in [3.05, 3.63) is 58.0 Å². The molecule has 2 nitrogen and oxygen atoms in total. The Morgan fingerprint density at radius 3 is 2.65 bits per heavy atom. The predicted octanol–water partition coefficient (Wildman–Crippen LogP) is 3.85. The van der Waals surface area contributed by atoms with Crippen LogP contribution in [0.1, 0.15) is 35.6 Å². The molecule has 1 unspecified atom stereocenters. The first-order chi connectivity index (χ1) is 8.11. The summed E-state index contributed by atoms with van der Waals surface area (Å²) >= 11 is 6.09. The van der Waals surface area contributed by atoms with E-state index in [9.17, 15) is 0 Å². The number of halogens is 1. The van der Waals surface area contributed by atoms with Gasteiger partial charge in [-0.2, -0.15) is 0 Å². The van der Waals surface area contributed by atoms with Crippen molar-refractivity contribution in [2.45, 2.75) is 26.3 Å². The third kappa shape index (κ3) is 2.54. The van der Waals surface area contributed by atoms with Crippen molar-refractivity contribution in [2.75, 3.05) is 0 Å². The molecule has 90 valence electrons. The van der Waals surface area contributed by atoms with E-state index >= 15 is 0 Å². The lowest BCUT2D eigenvalue weighted by atomic mass is 10.0. The van der Waals surface area contributed by atoms with Crippen LogP contribution in [0.15, 0.2) is 34.7 Å². The number of hydrogen-bond acceptors (Lipinski definition) is 2. The van der Waals surface area contributed by atoms with Crippen molar-refractivity contribution < 1.29 is 4.42 Å². The molecule has 0 fully saturated rings. The molecule has 1 atom stereocenters. The van der Waals surface area contributed by atoms with E-state index in [4.69, 9.17) is 21.8 Å². The highest BCUT2D eigenvalue weighted by Crippen LogP contribution is 2.25. The van der Waals surface area contributed by atoms with Crippen LogP contribution in [0.5, 0.6) is 0 Å². The Balaban J connectivity index is 2.29. The van der Waals surface area contributed by atoms with Gasteiger partial charge in [0.15, 0.2) is 0 Å². The zero-order valence-electron chi connectivity index (χ0n) is 10.0. The van der Waals surface area contributed by atoms with Crippen LogP contribution < -0.4 is 5.73 Å². The first-order valence-corrected chi connectivity index (χ1v) is 6.10. The van der Waals surface area contributed by atoms with Gasteiger partial charge in [0.2, 0.25) is 0 Å². The first kappa shape index (κ1) is 12.2. The smallest absolute Gasteiger partial charge is 0.125 e. The molecule has 2 N–H and O–H groups in total. The van der Waals surface area contributed by atoms with Crippen LogP contribution in [0.25, 0.3) is 0 Å². The SMILES string of the molecule is CCc1ccc(C(N)c2ccc(C)c(Cl)c2)o1. The van der Waals surface area contributed by atoms with Gasteiger partial charge in [-0.1, -0.05) is 30.7 Å². The molecule has 1 heterocycles. The molecular weight excluding hydrogens is 234 g/mol. The maximum absolute atomic E-state index is 6.15.